The van der Waals surface area contributed by atoms with Gasteiger partial charge in [0.05, 0.1) is 6.26 Å². The van der Waals surface area contributed by atoms with E-state index in [1.165, 1.54) is 29.8 Å². The molecular formula is C13H26N2O2S. The van der Waals surface area contributed by atoms with Crippen LogP contribution in [0.5, 0.6) is 0 Å². The number of hydrogen-bond acceptors (Lipinski definition) is 3. The lowest BCUT2D eigenvalue weighted by molar-refractivity contribution is 0.402. The van der Waals surface area contributed by atoms with Crippen LogP contribution in [0.15, 0.2) is 12.2 Å². The third kappa shape index (κ3) is 5.98. The summed E-state index contributed by atoms with van der Waals surface area (Å²) in [6.07, 6.45) is 10.3. The van der Waals surface area contributed by atoms with Gasteiger partial charge in [-0.05, 0) is 44.7 Å². The zero-order chi connectivity index (χ0) is 13.4. The second kappa shape index (κ2) is 7.92. The van der Waals surface area contributed by atoms with Crippen molar-refractivity contribution < 1.29 is 8.42 Å². The lowest BCUT2D eigenvalue weighted by Crippen LogP contribution is -2.33. The Morgan fingerprint density at radius 3 is 2.72 bits per heavy atom. The van der Waals surface area contributed by atoms with Crippen LogP contribution in [0.25, 0.3) is 0 Å². The first-order valence-corrected chi connectivity index (χ1v) is 8.69. The maximum atomic E-state index is 11.4. The molecule has 0 aromatic heterocycles. The van der Waals surface area contributed by atoms with E-state index in [1.807, 2.05) is 6.92 Å². The Kier molecular flexibility index (Phi) is 6.89. The smallest absolute Gasteiger partial charge is 0.211 e. The van der Waals surface area contributed by atoms with Gasteiger partial charge in [-0.25, -0.2) is 12.7 Å². The van der Waals surface area contributed by atoms with E-state index in [9.17, 15) is 8.42 Å². The van der Waals surface area contributed by atoms with Gasteiger partial charge in [-0.2, -0.15) is 0 Å². The lowest BCUT2D eigenvalue weighted by atomic mass is 9.94. The summed E-state index contributed by atoms with van der Waals surface area (Å²) >= 11 is 0. The van der Waals surface area contributed by atoms with Crippen molar-refractivity contribution in [3.05, 3.63) is 12.2 Å². The van der Waals surface area contributed by atoms with Crippen LogP contribution in [-0.4, -0.2) is 45.2 Å². The third-order valence-corrected chi connectivity index (χ3v) is 4.77. The van der Waals surface area contributed by atoms with Crippen molar-refractivity contribution in [3.8, 4) is 0 Å². The molecule has 1 N–H and O–H groups in total. The van der Waals surface area contributed by atoms with Crippen LogP contribution in [0.3, 0.4) is 0 Å². The molecule has 0 bridgehead atoms. The van der Waals surface area contributed by atoms with E-state index in [4.69, 9.17) is 0 Å². The molecule has 4 nitrogen and oxygen atoms in total. The molecule has 0 spiro atoms. The second-order valence-corrected chi connectivity index (χ2v) is 6.95. The number of nitrogens with one attached hydrogen (secondary N) is 1. The topological polar surface area (TPSA) is 49.4 Å². The first-order valence-electron chi connectivity index (χ1n) is 6.85. The van der Waals surface area contributed by atoms with Gasteiger partial charge in [-0.1, -0.05) is 19.1 Å². The van der Waals surface area contributed by atoms with Crippen molar-refractivity contribution in [2.75, 3.05) is 32.4 Å². The van der Waals surface area contributed by atoms with Crippen molar-refractivity contribution in [1.82, 2.24) is 9.62 Å². The first-order chi connectivity index (χ1) is 8.54. The van der Waals surface area contributed by atoms with Gasteiger partial charge in [0, 0.05) is 13.1 Å². The van der Waals surface area contributed by atoms with E-state index in [-0.39, 0.29) is 0 Å². The van der Waals surface area contributed by atoms with Crippen molar-refractivity contribution in [2.45, 2.75) is 32.6 Å². The molecule has 0 amide bonds. The molecule has 0 aromatic rings. The number of rotatable bonds is 8. The largest absolute Gasteiger partial charge is 0.316 e. The molecule has 1 aliphatic rings. The molecule has 1 aliphatic carbocycles. The lowest BCUT2D eigenvalue weighted by Gasteiger charge is -2.20. The summed E-state index contributed by atoms with van der Waals surface area (Å²) in [6.45, 7) is 5.00. The highest BCUT2D eigenvalue weighted by atomic mass is 32.2. The van der Waals surface area contributed by atoms with Crippen LogP contribution < -0.4 is 5.32 Å². The Morgan fingerprint density at radius 2 is 2.17 bits per heavy atom. The predicted molar refractivity (Wildman–Crippen MR) is 76.1 cm³/mol. The Bertz CT molecular complexity index is 352. The molecule has 0 aliphatic heterocycles. The van der Waals surface area contributed by atoms with Gasteiger partial charge in [-0.3, -0.25) is 0 Å². The summed E-state index contributed by atoms with van der Waals surface area (Å²) in [5.41, 5.74) is 0. The highest BCUT2D eigenvalue weighted by molar-refractivity contribution is 7.88. The molecule has 0 saturated heterocycles. The van der Waals surface area contributed by atoms with Crippen LogP contribution in [0, 0.1) is 5.92 Å². The van der Waals surface area contributed by atoms with Crippen LogP contribution in [0.2, 0.25) is 0 Å². The fraction of sp³-hybridized carbons (Fsp3) is 0.846. The molecule has 106 valence electrons. The molecule has 1 unspecified atom stereocenters. The molecule has 0 aromatic carbocycles. The second-order valence-electron chi connectivity index (χ2n) is 4.96. The van der Waals surface area contributed by atoms with Gasteiger partial charge in [0.2, 0.25) is 10.0 Å². The maximum Gasteiger partial charge on any atom is 0.211 e. The quantitative estimate of drug-likeness (QED) is 0.540. The number of allylic oxidation sites excluding steroid dienone is 2. The van der Waals surface area contributed by atoms with Crippen LogP contribution in [0.1, 0.15) is 32.6 Å². The van der Waals surface area contributed by atoms with Gasteiger partial charge in [0.25, 0.3) is 0 Å². The molecule has 1 atom stereocenters. The zero-order valence-corrected chi connectivity index (χ0v) is 12.4. The van der Waals surface area contributed by atoms with Crippen molar-refractivity contribution in [1.29, 1.82) is 0 Å². The molecule has 0 saturated carbocycles. The van der Waals surface area contributed by atoms with Gasteiger partial charge in [0.15, 0.2) is 0 Å². The minimum Gasteiger partial charge on any atom is -0.316 e. The summed E-state index contributed by atoms with van der Waals surface area (Å²) < 4.78 is 24.3. The van der Waals surface area contributed by atoms with Crippen LogP contribution >= 0.6 is 0 Å². The fourth-order valence-electron chi connectivity index (χ4n) is 2.29. The fourth-order valence-corrected chi connectivity index (χ4v) is 3.22. The number of sulfonamides is 1. The SMILES string of the molecule is CCN(CCCNCC1CC=CCC1)S(C)(=O)=O. The molecular weight excluding hydrogens is 248 g/mol. The van der Waals surface area contributed by atoms with Gasteiger partial charge in [0.1, 0.15) is 0 Å². The molecule has 5 heteroatoms. The van der Waals surface area contributed by atoms with Crippen molar-refractivity contribution in [2.24, 2.45) is 5.92 Å². The van der Waals surface area contributed by atoms with E-state index >= 15 is 0 Å². The maximum absolute atomic E-state index is 11.4. The van der Waals surface area contributed by atoms with E-state index in [0.717, 1.165) is 25.4 Å². The molecule has 0 fully saturated rings. The van der Waals surface area contributed by atoms with Crippen LogP contribution in [-0.2, 0) is 10.0 Å². The third-order valence-electron chi connectivity index (χ3n) is 3.39. The normalized spacial score (nSPS) is 20.5. The average molecular weight is 274 g/mol. The summed E-state index contributed by atoms with van der Waals surface area (Å²) in [6, 6.07) is 0. The minimum absolute atomic E-state index is 0.562. The number of nitrogens with zero attached hydrogens (tertiary/aromatic N) is 1. The standard InChI is InChI=1S/C13H26N2O2S/c1-3-15(18(2,16)17)11-7-10-14-12-13-8-5-4-6-9-13/h4-5,13-14H,3,6-12H2,1-2H3. The highest BCUT2D eigenvalue weighted by Crippen LogP contribution is 2.16. The Labute approximate surface area is 111 Å². The van der Waals surface area contributed by atoms with E-state index in [2.05, 4.69) is 17.5 Å². The first kappa shape index (κ1) is 15.7. The van der Waals surface area contributed by atoms with E-state index in [1.54, 1.807) is 0 Å². The zero-order valence-electron chi connectivity index (χ0n) is 11.6. The Morgan fingerprint density at radius 1 is 1.39 bits per heavy atom. The summed E-state index contributed by atoms with van der Waals surface area (Å²) in [5, 5.41) is 3.43. The van der Waals surface area contributed by atoms with E-state index in [0.29, 0.717) is 13.1 Å². The molecule has 1 rings (SSSR count). The van der Waals surface area contributed by atoms with Crippen molar-refractivity contribution >= 4 is 10.0 Å². The van der Waals surface area contributed by atoms with Crippen molar-refractivity contribution in [3.63, 3.8) is 0 Å². The molecule has 0 heterocycles. The molecule has 0 radical (unpaired) electrons. The van der Waals surface area contributed by atoms with Crippen LogP contribution in [0.4, 0.5) is 0 Å². The van der Waals surface area contributed by atoms with Gasteiger partial charge < -0.3 is 5.32 Å². The van der Waals surface area contributed by atoms with Gasteiger partial charge >= 0.3 is 0 Å². The highest BCUT2D eigenvalue weighted by Gasteiger charge is 2.13. The van der Waals surface area contributed by atoms with Gasteiger partial charge in [-0.15, -0.1) is 0 Å². The number of hydrogen-bond donors (Lipinski definition) is 1. The van der Waals surface area contributed by atoms with E-state index < -0.39 is 10.0 Å². The summed E-state index contributed by atoms with van der Waals surface area (Å²) in [7, 11) is -3.03. The molecule has 18 heavy (non-hydrogen) atoms. The summed E-state index contributed by atoms with van der Waals surface area (Å²) in [4.78, 5) is 0. The minimum atomic E-state index is -3.03. The summed E-state index contributed by atoms with van der Waals surface area (Å²) in [5.74, 6) is 0.757. The Balaban J connectivity index is 2.09. The average Bonchev–Trinajstić information content (AvgIpc) is 2.33. The monoisotopic (exact) mass is 274 g/mol. The predicted octanol–water partition coefficient (Wildman–Crippen LogP) is 1.60. The Hall–Kier alpha value is -0.390.